The maximum Gasteiger partial charge on any atom is 0.271 e. The van der Waals surface area contributed by atoms with Crippen molar-refractivity contribution in [1.29, 1.82) is 0 Å². The molecule has 0 saturated carbocycles. The molecule has 9 heteroatoms. The Hall–Kier alpha value is -2.61. The van der Waals surface area contributed by atoms with E-state index in [9.17, 15) is 4.79 Å². The molecule has 0 aliphatic heterocycles. The Kier molecular flexibility index (Phi) is 7.68. The lowest BCUT2D eigenvalue weighted by molar-refractivity contribution is 0.0955. The molecule has 6 nitrogen and oxygen atoms in total. The van der Waals surface area contributed by atoms with Crippen molar-refractivity contribution in [1.82, 2.24) is 10.4 Å². The van der Waals surface area contributed by atoms with Crippen molar-refractivity contribution in [3.8, 4) is 11.5 Å². The number of hydrogen-bond acceptors (Lipinski definition) is 5. The average Bonchev–Trinajstić information content (AvgIpc) is 2.75. The molecule has 1 aromatic heterocycles. The van der Waals surface area contributed by atoms with Gasteiger partial charge in [0.2, 0.25) is 0 Å². The number of aromatic nitrogens is 1. The van der Waals surface area contributed by atoms with Gasteiger partial charge in [-0.3, -0.25) is 9.78 Å². The van der Waals surface area contributed by atoms with E-state index in [4.69, 9.17) is 32.7 Å². The normalized spacial score (nSPS) is 10.8. The molecule has 3 rings (SSSR count). The SMILES string of the molecule is COc1cc(C=NNC(=O)c2ccncc2)c(Br)cc1OCc1ccc(Cl)cc1Cl. The number of halogens is 3. The summed E-state index contributed by atoms with van der Waals surface area (Å²) >= 11 is 15.6. The summed E-state index contributed by atoms with van der Waals surface area (Å²) in [6, 6.07) is 11.9. The molecule has 0 fully saturated rings. The molecule has 30 heavy (non-hydrogen) atoms. The van der Waals surface area contributed by atoms with Crippen LogP contribution in [-0.2, 0) is 6.61 Å². The van der Waals surface area contributed by atoms with Crippen LogP contribution in [0, 0.1) is 0 Å². The number of carbonyl (C=O) groups excluding carboxylic acids is 1. The molecule has 1 amide bonds. The lowest BCUT2D eigenvalue weighted by Crippen LogP contribution is -2.17. The number of nitrogens with zero attached hydrogens (tertiary/aromatic N) is 2. The van der Waals surface area contributed by atoms with Crippen molar-refractivity contribution in [3.63, 3.8) is 0 Å². The molecule has 2 aromatic carbocycles. The van der Waals surface area contributed by atoms with Gasteiger partial charge in [0.05, 0.1) is 13.3 Å². The second kappa shape index (κ2) is 10.4. The molecule has 0 atom stereocenters. The number of ether oxygens (including phenoxy) is 2. The zero-order valence-corrected chi connectivity index (χ0v) is 18.8. The monoisotopic (exact) mass is 507 g/mol. The van der Waals surface area contributed by atoms with E-state index in [1.807, 2.05) is 0 Å². The Morgan fingerprint density at radius 3 is 2.63 bits per heavy atom. The van der Waals surface area contributed by atoms with Gasteiger partial charge in [0, 0.05) is 43.6 Å². The fourth-order valence-corrected chi connectivity index (χ4v) is 3.33. The van der Waals surface area contributed by atoms with Crippen LogP contribution in [0.2, 0.25) is 10.0 Å². The molecule has 0 bridgehead atoms. The van der Waals surface area contributed by atoms with Crippen LogP contribution >= 0.6 is 39.1 Å². The van der Waals surface area contributed by atoms with E-state index in [0.717, 1.165) is 5.56 Å². The van der Waals surface area contributed by atoms with Crippen LogP contribution in [0.1, 0.15) is 21.5 Å². The first-order chi connectivity index (χ1) is 14.5. The molecule has 0 aliphatic carbocycles. The van der Waals surface area contributed by atoms with Gasteiger partial charge < -0.3 is 9.47 Å². The van der Waals surface area contributed by atoms with Crippen LogP contribution in [0.3, 0.4) is 0 Å². The van der Waals surface area contributed by atoms with E-state index in [-0.39, 0.29) is 12.5 Å². The van der Waals surface area contributed by atoms with Crippen LogP contribution in [0.4, 0.5) is 0 Å². The minimum Gasteiger partial charge on any atom is -0.493 e. The highest BCUT2D eigenvalue weighted by Gasteiger charge is 2.11. The second-order valence-corrected chi connectivity index (χ2v) is 7.68. The molecule has 0 radical (unpaired) electrons. The predicted octanol–water partition coefficient (Wildman–Crippen LogP) is 5.50. The molecule has 1 N–H and O–H groups in total. The van der Waals surface area contributed by atoms with Gasteiger partial charge in [-0.1, -0.05) is 29.3 Å². The number of nitrogens with one attached hydrogen (secondary N) is 1. The summed E-state index contributed by atoms with van der Waals surface area (Å²) in [4.78, 5) is 15.9. The molecule has 0 spiro atoms. The van der Waals surface area contributed by atoms with Crippen LogP contribution < -0.4 is 14.9 Å². The van der Waals surface area contributed by atoms with E-state index < -0.39 is 0 Å². The quantitative estimate of drug-likeness (QED) is 0.337. The molecule has 0 unspecified atom stereocenters. The number of rotatable bonds is 7. The molecule has 0 aliphatic rings. The molecular weight excluding hydrogens is 493 g/mol. The van der Waals surface area contributed by atoms with Gasteiger partial charge in [0.15, 0.2) is 11.5 Å². The van der Waals surface area contributed by atoms with Crippen LogP contribution in [0.15, 0.2) is 64.4 Å². The number of carbonyl (C=O) groups is 1. The Bertz CT molecular complexity index is 1080. The van der Waals surface area contributed by atoms with Gasteiger partial charge in [0.25, 0.3) is 5.91 Å². The summed E-state index contributed by atoms with van der Waals surface area (Å²) in [7, 11) is 1.54. The maximum absolute atomic E-state index is 12.0. The van der Waals surface area contributed by atoms with E-state index in [1.165, 1.54) is 25.7 Å². The van der Waals surface area contributed by atoms with Crippen molar-refractivity contribution >= 4 is 51.3 Å². The fraction of sp³-hybridized carbons (Fsp3) is 0.0952. The number of methoxy groups -OCH3 is 1. The first-order valence-electron chi connectivity index (χ1n) is 8.65. The van der Waals surface area contributed by atoms with Gasteiger partial charge in [-0.2, -0.15) is 5.10 Å². The maximum atomic E-state index is 12.0. The van der Waals surface area contributed by atoms with E-state index in [2.05, 4.69) is 31.4 Å². The first-order valence-corrected chi connectivity index (χ1v) is 10.2. The highest BCUT2D eigenvalue weighted by molar-refractivity contribution is 9.10. The predicted molar refractivity (Wildman–Crippen MR) is 121 cm³/mol. The zero-order valence-electron chi connectivity index (χ0n) is 15.7. The summed E-state index contributed by atoms with van der Waals surface area (Å²) in [6.07, 6.45) is 4.58. The lowest BCUT2D eigenvalue weighted by atomic mass is 10.2. The number of amides is 1. The summed E-state index contributed by atoms with van der Waals surface area (Å²) < 4.78 is 12.0. The number of pyridine rings is 1. The van der Waals surface area contributed by atoms with Crippen molar-refractivity contribution in [2.45, 2.75) is 6.61 Å². The van der Waals surface area contributed by atoms with Gasteiger partial charge in [-0.15, -0.1) is 0 Å². The minimum atomic E-state index is -0.337. The summed E-state index contributed by atoms with van der Waals surface area (Å²) in [6.45, 7) is 0.244. The van der Waals surface area contributed by atoms with Gasteiger partial charge in [-0.25, -0.2) is 5.43 Å². The highest BCUT2D eigenvalue weighted by Crippen LogP contribution is 2.34. The molecule has 154 valence electrons. The summed E-state index contributed by atoms with van der Waals surface area (Å²) in [5.74, 6) is 0.690. The number of hydrazone groups is 1. The number of hydrogen-bond donors (Lipinski definition) is 1. The number of benzene rings is 2. The molecule has 1 heterocycles. The Morgan fingerprint density at radius 1 is 1.17 bits per heavy atom. The molecular formula is C21H16BrCl2N3O3. The standard InChI is InChI=1S/C21H16BrCl2N3O3/c1-29-19-8-15(11-26-27-21(28)13-4-6-25-7-5-13)17(22)10-20(19)30-12-14-2-3-16(23)9-18(14)24/h2-11H,12H2,1H3,(H,27,28). The van der Waals surface area contributed by atoms with E-state index in [0.29, 0.717) is 37.1 Å². The molecule has 3 aromatic rings. The second-order valence-electron chi connectivity index (χ2n) is 5.98. The third-order valence-corrected chi connectivity index (χ3v) is 5.27. The van der Waals surface area contributed by atoms with Crippen LogP contribution in [0.5, 0.6) is 11.5 Å². The Balaban J connectivity index is 1.71. The van der Waals surface area contributed by atoms with Gasteiger partial charge in [-0.05, 0) is 52.3 Å². The largest absolute Gasteiger partial charge is 0.493 e. The third kappa shape index (κ3) is 5.72. The highest BCUT2D eigenvalue weighted by atomic mass is 79.9. The van der Waals surface area contributed by atoms with Gasteiger partial charge in [0.1, 0.15) is 6.61 Å². The summed E-state index contributed by atoms with van der Waals surface area (Å²) in [5, 5.41) is 5.08. The third-order valence-electron chi connectivity index (χ3n) is 3.99. The zero-order chi connectivity index (χ0) is 21.5. The van der Waals surface area contributed by atoms with Crippen molar-refractivity contribution < 1.29 is 14.3 Å². The van der Waals surface area contributed by atoms with Crippen molar-refractivity contribution in [2.75, 3.05) is 7.11 Å². The topological polar surface area (TPSA) is 72.8 Å². The van der Waals surface area contributed by atoms with E-state index >= 15 is 0 Å². The Morgan fingerprint density at radius 2 is 1.93 bits per heavy atom. The average molecular weight is 509 g/mol. The fourth-order valence-electron chi connectivity index (χ4n) is 2.44. The van der Waals surface area contributed by atoms with Crippen molar-refractivity contribution in [2.24, 2.45) is 5.10 Å². The first kappa shape index (κ1) is 22.1. The smallest absolute Gasteiger partial charge is 0.271 e. The molecule has 0 saturated heterocycles. The van der Waals surface area contributed by atoms with Crippen molar-refractivity contribution in [3.05, 3.63) is 86.1 Å². The van der Waals surface area contributed by atoms with Crippen LogP contribution in [0.25, 0.3) is 0 Å². The minimum absolute atomic E-state index is 0.244. The van der Waals surface area contributed by atoms with Gasteiger partial charge >= 0.3 is 0 Å². The van der Waals surface area contributed by atoms with E-state index in [1.54, 1.807) is 42.5 Å². The Labute approximate surface area is 192 Å². The summed E-state index contributed by atoms with van der Waals surface area (Å²) in [5.41, 5.74) is 4.42. The lowest BCUT2D eigenvalue weighted by Gasteiger charge is -2.13. The van der Waals surface area contributed by atoms with Crippen LogP contribution in [-0.4, -0.2) is 24.2 Å².